The van der Waals surface area contributed by atoms with Crippen molar-refractivity contribution in [3.05, 3.63) is 29.3 Å². The quantitative estimate of drug-likeness (QED) is 0.863. The molecular formula is C15H21NO2. The third-order valence-electron chi connectivity index (χ3n) is 3.82. The Labute approximate surface area is 108 Å². The normalized spacial score (nSPS) is 16.5. The van der Waals surface area contributed by atoms with Gasteiger partial charge in [-0.3, -0.25) is 4.79 Å². The SMILES string of the molecule is CNC(=O)c1cccc(CC2CCCCC2)c1O. The summed E-state index contributed by atoms with van der Waals surface area (Å²) in [5.74, 6) is 0.588. The summed E-state index contributed by atoms with van der Waals surface area (Å²) in [5.41, 5.74) is 1.29. The van der Waals surface area contributed by atoms with Crippen molar-refractivity contribution in [3.63, 3.8) is 0 Å². The lowest BCUT2D eigenvalue weighted by Crippen LogP contribution is -2.18. The standard InChI is InChI=1S/C15H21NO2/c1-16-15(18)13-9-5-8-12(14(13)17)10-11-6-3-2-4-7-11/h5,8-9,11,17H,2-4,6-7,10H2,1H3,(H,16,18). The van der Waals surface area contributed by atoms with Gasteiger partial charge in [-0.2, -0.15) is 0 Å². The molecule has 1 aliphatic carbocycles. The number of amides is 1. The van der Waals surface area contributed by atoms with Gasteiger partial charge >= 0.3 is 0 Å². The third-order valence-corrected chi connectivity index (χ3v) is 3.82. The first kappa shape index (κ1) is 12.9. The van der Waals surface area contributed by atoms with Crippen LogP contribution in [0.25, 0.3) is 0 Å². The monoisotopic (exact) mass is 247 g/mol. The Morgan fingerprint density at radius 3 is 2.72 bits per heavy atom. The highest BCUT2D eigenvalue weighted by molar-refractivity contribution is 5.97. The summed E-state index contributed by atoms with van der Waals surface area (Å²) in [6.07, 6.45) is 7.28. The van der Waals surface area contributed by atoms with Gasteiger partial charge in [-0.05, 0) is 24.0 Å². The number of phenolic OH excluding ortho intramolecular Hbond substituents is 1. The van der Waals surface area contributed by atoms with Crippen LogP contribution in [0.3, 0.4) is 0 Å². The lowest BCUT2D eigenvalue weighted by atomic mass is 9.84. The van der Waals surface area contributed by atoms with Crippen LogP contribution in [0.2, 0.25) is 0 Å². The van der Waals surface area contributed by atoms with E-state index >= 15 is 0 Å². The van der Waals surface area contributed by atoms with E-state index in [2.05, 4.69) is 5.32 Å². The van der Waals surface area contributed by atoms with Gasteiger partial charge in [-0.25, -0.2) is 0 Å². The van der Waals surface area contributed by atoms with Crippen LogP contribution in [0.5, 0.6) is 5.75 Å². The van der Waals surface area contributed by atoms with Crippen LogP contribution < -0.4 is 5.32 Å². The first-order chi connectivity index (χ1) is 8.72. The molecule has 0 unspecified atom stereocenters. The van der Waals surface area contributed by atoms with E-state index < -0.39 is 0 Å². The van der Waals surface area contributed by atoms with E-state index in [1.165, 1.54) is 32.1 Å². The molecule has 3 heteroatoms. The van der Waals surface area contributed by atoms with Gasteiger partial charge < -0.3 is 10.4 Å². The van der Waals surface area contributed by atoms with Crippen molar-refractivity contribution in [1.29, 1.82) is 0 Å². The fraction of sp³-hybridized carbons (Fsp3) is 0.533. The molecule has 1 fully saturated rings. The van der Waals surface area contributed by atoms with Gasteiger partial charge in [-0.1, -0.05) is 44.2 Å². The van der Waals surface area contributed by atoms with Gasteiger partial charge in [-0.15, -0.1) is 0 Å². The molecule has 1 aliphatic rings. The van der Waals surface area contributed by atoms with Gasteiger partial charge in [0.1, 0.15) is 5.75 Å². The second kappa shape index (κ2) is 5.89. The minimum atomic E-state index is -0.224. The first-order valence-electron chi connectivity index (χ1n) is 6.75. The molecule has 1 aromatic carbocycles. The number of carbonyl (C=O) groups excluding carboxylic acids is 1. The molecule has 18 heavy (non-hydrogen) atoms. The number of carbonyl (C=O) groups is 1. The van der Waals surface area contributed by atoms with E-state index in [0.29, 0.717) is 11.5 Å². The van der Waals surface area contributed by atoms with Gasteiger partial charge in [0.05, 0.1) is 5.56 Å². The Hall–Kier alpha value is -1.51. The minimum Gasteiger partial charge on any atom is -0.507 e. The lowest BCUT2D eigenvalue weighted by Gasteiger charge is -2.22. The Kier molecular flexibility index (Phi) is 4.24. The number of hydrogen-bond donors (Lipinski definition) is 2. The van der Waals surface area contributed by atoms with Crippen molar-refractivity contribution in [3.8, 4) is 5.75 Å². The van der Waals surface area contributed by atoms with E-state index in [1.54, 1.807) is 13.1 Å². The summed E-state index contributed by atoms with van der Waals surface area (Å²) in [6.45, 7) is 0. The molecular weight excluding hydrogens is 226 g/mol. The smallest absolute Gasteiger partial charge is 0.254 e. The maximum atomic E-state index is 11.6. The van der Waals surface area contributed by atoms with E-state index in [1.807, 2.05) is 12.1 Å². The van der Waals surface area contributed by atoms with Crippen molar-refractivity contribution < 1.29 is 9.90 Å². The predicted molar refractivity (Wildman–Crippen MR) is 71.8 cm³/mol. The van der Waals surface area contributed by atoms with E-state index in [4.69, 9.17) is 0 Å². The number of aromatic hydroxyl groups is 1. The molecule has 0 saturated heterocycles. The van der Waals surface area contributed by atoms with Gasteiger partial charge in [0.15, 0.2) is 0 Å². The molecule has 1 amide bonds. The highest BCUT2D eigenvalue weighted by Crippen LogP contribution is 2.31. The Bertz CT molecular complexity index is 423. The third kappa shape index (κ3) is 2.84. The minimum absolute atomic E-state index is 0.155. The van der Waals surface area contributed by atoms with Crippen LogP contribution >= 0.6 is 0 Å². The Morgan fingerprint density at radius 1 is 1.33 bits per heavy atom. The molecule has 1 aromatic rings. The maximum Gasteiger partial charge on any atom is 0.254 e. The predicted octanol–water partition coefficient (Wildman–Crippen LogP) is 2.87. The van der Waals surface area contributed by atoms with Crippen LogP contribution in [-0.4, -0.2) is 18.1 Å². The van der Waals surface area contributed by atoms with Crippen molar-refractivity contribution in [2.75, 3.05) is 7.05 Å². The highest BCUT2D eigenvalue weighted by atomic mass is 16.3. The van der Waals surface area contributed by atoms with Gasteiger partial charge in [0.2, 0.25) is 0 Å². The van der Waals surface area contributed by atoms with Crippen LogP contribution in [0.15, 0.2) is 18.2 Å². The van der Waals surface area contributed by atoms with Crippen molar-refractivity contribution in [2.45, 2.75) is 38.5 Å². The van der Waals surface area contributed by atoms with Crippen molar-refractivity contribution in [2.24, 2.45) is 5.92 Å². The fourth-order valence-electron chi connectivity index (χ4n) is 2.78. The van der Waals surface area contributed by atoms with Crippen LogP contribution in [0.4, 0.5) is 0 Å². The highest BCUT2D eigenvalue weighted by Gasteiger charge is 2.18. The number of benzene rings is 1. The zero-order valence-electron chi connectivity index (χ0n) is 10.9. The summed E-state index contributed by atoms with van der Waals surface area (Å²) in [7, 11) is 1.58. The number of para-hydroxylation sites is 1. The summed E-state index contributed by atoms with van der Waals surface area (Å²) in [6, 6.07) is 5.44. The molecule has 0 bridgehead atoms. The first-order valence-corrected chi connectivity index (χ1v) is 6.75. The van der Waals surface area contributed by atoms with Crippen molar-refractivity contribution in [1.82, 2.24) is 5.32 Å². The molecule has 0 atom stereocenters. The number of rotatable bonds is 3. The molecule has 0 aromatic heterocycles. The largest absolute Gasteiger partial charge is 0.507 e. The van der Waals surface area contributed by atoms with Gasteiger partial charge in [0, 0.05) is 7.05 Å². The molecule has 2 rings (SSSR count). The molecule has 0 spiro atoms. The number of hydrogen-bond acceptors (Lipinski definition) is 2. The van der Waals surface area contributed by atoms with E-state index in [9.17, 15) is 9.90 Å². The fourth-order valence-corrected chi connectivity index (χ4v) is 2.78. The molecule has 1 saturated carbocycles. The number of nitrogens with one attached hydrogen (secondary N) is 1. The molecule has 0 aliphatic heterocycles. The lowest BCUT2D eigenvalue weighted by molar-refractivity contribution is 0.0960. The summed E-state index contributed by atoms with van der Waals surface area (Å²) >= 11 is 0. The second-order valence-electron chi connectivity index (χ2n) is 5.10. The summed E-state index contributed by atoms with van der Waals surface area (Å²) in [5, 5.41) is 12.7. The molecule has 0 heterocycles. The van der Waals surface area contributed by atoms with Crippen LogP contribution in [0.1, 0.15) is 48.0 Å². The molecule has 98 valence electrons. The zero-order chi connectivity index (χ0) is 13.0. The summed E-state index contributed by atoms with van der Waals surface area (Å²) < 4.78 is 0. The number of phenols is 1. The van der Waals surface area contributed by atoms with Gasteiger partial charge in [0.25, 0.3) is 5.91 Å². The van der Waals surface area contributed by atoms with Crippen molar-refractivity contribution >= 4 is 5.91 Å². The Morgan fingerprint density at radius 2 is 2.06 bits per heavy atom. The second-order valence-corrected chi connectivity index (χ2v) is 5.10. The molecule has 3 nitrogen and oxygen atoms in total. The molecule has 0 radical (unpaired) electrons. The topological polar surface area (TPSA) is 49.3 Å². The Balaban J connectivity index is 2.15. The maximum absolute atomic E-state index is 11.6. The molecule has 2 N–H and O–H groups in total. The average Bonchev–Trinajstić information content (AvgIpc) is 2.41. The average molecular weight is 247 g/mol. The zero-order valence-corrected chi connectivity index (χ0v) is 10.9. The van der Waals surface area contributed by atoms with E-state index in [0.717, 1.165) is 12.0 Å². The summed E-state index contributed by atoms with van der Waals surface area (Å²) in [4.78, 5) is 11.6. The van der Waals surface area contributed by atoms with Crippen LogP contribution in [-0.2, 0) is 6.42 Å². The van der Waals surface area contributed by atoms with E-state index in [-0.39, 0.29) is 11.7 Å². The van der Waals surface area contributed by atoms with Crippen LogP contribution in [0, 0.1) is 5.92 Å².